The van der Waals surface area contributed by atoms with Gasteiger partial charge >= 0.3 is 0 Å². The first-order valence-corrected chi connectivity index (χ1v) is 6.65. The van der Waals surface area contributed by atoms with E-state index < -0.39 is 0 Å². The second kappa shape index (κ2) is 5.89. The number of rotatable bonds is 3. The van der Waals surface area contributed by atoms with E-state index in [1.54, 1.807) is 16.7 Å². The average molecular weight is 288 g/mol. The van der Waals surface area contributed by atoms with Crippen molar-refractivity contribution < 1.29 is 0 Å². The minimum absolute atomic E-state index is 0.0970. The zero-order chi connectivity index (χ0) is 14.7. The molecule has 2 rings (SSSR count). The minimum Gasteiger partial charge on any atom is -0.292 e. The second-order valence-electron chi connectivity index (χ2n) is 4.82. The Bertz CT molecular complexity index is 711. The summed E-state index contributed by atoms with van der Waals surface area (Å²) in [4.78, 5) is 16.3. The van der Waals surface area contributed by atoms with Crippen LogP contribution >= 0.6 is 11.6 Å². The summed E-state index contributed by atoms with van der Waals surface area (Å²) in [5.74, 6) is 0.756. The number of benzene rings is 1. The van der Waals surface area contributed by atoms with Gasteiger partial charge in [-0.1, -0.05) is 37.6 Å². The molecule has 0 aliphatic carbocycles. The van der Waals surface area contributed by atoms with Crippen LogP contribution in [0.15, 0.2) is 35.1 Å². The molecule has 2 aromatic rings. The van der Waals surface area contributed by atoms with E-state index in [-0.39, 0.29) is 16.6 Å². The Hall–Kier alpha value is -2.12. The summed E-state index contributed by atoms with van der Waals surface area (Å²) in [6.45, 7) is 4.35. The van der Waals surface area contributed by atoms with E-state index in [1.807, 2.05) is 26.0 Å². The molecule has 0 N–H and O–H groups in total. The van der Waals surface area contributed by atoms with Crippen molar-refractivity contribution in [1.29, 1.82) is 5.26 Å². The van der Waals surface area contributed by atoms with Crippen molar-refractivity contribution in [2.24, 2.45) is 0 Å². The van der Waals surface area contributed by atoms with Gasteiger partial charge in [-0.25, -0.2) is 4.98 Å². The SMILES string of the molecule is CC(C)c1nc(Cl)cc(=O)n1Cc1ccc(C#N)cc1. The molecule has 0 fully saturated rings. The van der Waals surface area contributed by atoms with E-state index in [9.17, 15) is 4.79 Å². The number of nitrogens with zero attached hydrogens (tertiary/aromatic N) is 3. The predicted molar refractivity (Wildman–Crippen MR) is 77.9 cm³/mol. The molecule has 1 heterocycles. The lowest BCUT2D eigenvalue weighted by molar-refractivity contribution is 0.625. The molecule has 102 valence electrons. The molecular formula is C15H14ClN3O. The predicted octanol–water partition coefficient (Wildman–Crippen LogP) is 2.94. The van der Waals surface area contributed by atoms with Crippen LogP contribution in [-0.2, 0) is 6.54 Å². The topological polar surface area (TPSA) is 58.7 Å². The molecule has 1 aromatic carbocycles. The van der Waals surface area contributed by atoms with Gasteiger partial charge in [-0.05, 0) is 17.7 Å². The third-order valence-electron chi connectivity index (χ3n) is 2.95. The highest BCUT2D eigenvalue weighted by Gasteiger charge is 2.11. The highest BCUT2D eigenvalue weighted by atomic mass is 35.5. The van der Waals surface area contributed by atoms with E-state index in [2.05, 4.69) is 11.1 Å². The fourth-order valence-electron chi connectivity index (χ4n) is 1.96. The first-order valence-electron chi connectivity index (χ1n) is 6.27. The van der Waals surface area contributed by atoms with Gasteiger partial charge in [0.2, 0.25) is 0 Å². The van der Waals surface area contributed by atoms with Gasteiger partial charge in [-0.2, -0.15) is 5.26 Å². The van der Waals surface area contributed by atoms with Gasteiger partial charge in [-0.15, -0.1) is 0 Å². The minimum atomic E-state index is -0.168. The van der Waals surface area contributed by atoms with E-state index in [0.717, 1.165) is 5.56 Å². The van der Waals surface area contributed by atoms with Crippen LogP contribution in [0.3, 0.4) is 0 Å². The van der Waals surface area contributed by atoms with Gasteiger partial charge in [0.15, 0.2) is 0 Å². The van der Waals surface area contributed by atoms with Gasteiger partial charge in [0.25, 0.3) is 5.56 Å². The Morgan fingerprint density at radius 1 is 1.35 bits per heavy atom. The Morgan fingerprint density at radius 2 is 2.00 bits per heavy atom. The fourth-order valence-corrected chi connectivity index (χ4v) is 2.14. The lowest BCUT2D eigenvalue weighted by Gasteiger charge is -2.14. The van der Waals surface area contributed by atoms with Crippen LogP contribution in [0.1, 0.15) is 36.7 Å². The van der Waals surface area contributed by atoms with Crippen LogP contribution in [0.25, 0.3) is 0 Å². The van der Waals surface area contributed by atoms with Crippen LogP contribution < -0.4 is 5.56 Å². The normalized spacial score (nSPS) is 10.6. The van der Waals surface area contributed by atoms with Crippen LogP contribution in [-0.4, -0.2) is 9.55 Å². The summed E-state index contributed by atoms with van der Waals surface area (Å²) in [5, 5.41) is 9.00. The molecule has 0 aliphatic heterocycles. The average Bonchev–Trinajstić information content (AvgIpc) is 2.42. The van der Waals surface area contributed by atoms with E-state index >= 15 is 0 Å². The molecule has 5 heteroatoms. The Morgan fingerprint density at radius 3 is 2.55 bits per heavy atom. The molecule has 0 unspecified atom stereocenters. The molecule has 0 atom stereocenters. The molecule has 0 radical (unpaired) electrons. The fraction of sp³-hybridized carbons (Fsp3) is 0.267. The van der Waals surface area contributed by atoms with Crippen molar-refractivity contribution in [3.05, 3.63) is 62.8 Å². The maximum Gasteiger partial charge on any atom is 0.255 e. The Kier molecular flexibility index (Phi) is 4.21. The largest absolute Gasteiger partial charge is 0.292 e. The molecule has 20 heavy (non-hydrogen) atoms. The lowest BCUT2D eigenvalue weighted by atomic mass is 10.1. The number of halogens is 1. The number of aromatic nitrogens is 2. The summed E-state index contributed by atoms with van der Waals surface area (Å²) in [7, 11) is 0. The summed E-state index contributed by atoms with van der Waals surface area (Å²) in [6.07, 6.45) is 0. The molecular weight excluding hydrogens is 274 g/mol. The lowest BCUT2D eigenvalue weighted by Crippen LogP contribution is -2.25. The van der Waals surface area contributed by atoms with Gasteiger partial charge in [-0.3, -0.25) is 9.36 Å². The molecule has 0 amide bonds. The van der Waals surface area contributed by atoms with Crippen LogP contribution in [0.4, 0.5) is 0 Å². The third kappa shape index (κ3) is 3.06. The number of nitriles is 1. The van der Waals surface area contributed by atoms with Crippen molar-refractivity contribution >= 4 is 11.6 Å². The maximum atomic E-state index is 12.1. The van der Waals surface area contributed by atoms with Crippen LogP contribution in [0.2, 0.25) is 5.15 Å². The second-order valence-corrected chi connectivity index (χ2v) is 5.21. The van der Waals surface area contributed by atoms with E-state index in [1.165, 1.54) is 6.07 Å². The Labute approximate surface area is 122 Å². The molecule has 0 spiro atoms. The van der Waals surface area contributed by atoms with Gasteiger partial charge < -0.3 is 0 Å². The zero-order valence-electron chi connectivity index (χ0n) is 11.3. The molecule has 0 aliphatic rings. The van der Waals surface area contributed by atoms with Crippen molar-refractivity contribution in [2.45, 2.75) is 26.3 Å². The number of hydrogen-bond donors (Lipinski definition) is 0. The molecule has 1 aromatic heterocycles. The molecule has 0 bridgehead atoms. The maximum absolute atomic E-state index is 12.1. The standard InChI is InChI=1S/C15H14ClN3O/c1-10(2)15-18-13(16)7-14(20)19(15)9-12-5-3-11(8-17)4-6-12/h3-7,10H,9H2,1-2H3. The zero-order valence-corrected chi connectivity index (χ0v) is 12.1. The van der Waals surface area contributed by atoms with Gasteiger partial charge in [0.1, 0.15) is 11.0 Å². The van der Waals surface area contributed by atoms with Crippen LogP contribution in [0.5, 0.6) is 0 Å². The summed E-state index contributed by atoms with van der Waals surface area (Å²) < 4.78 is 1.61. The van der Waals surface area contributed by atoms with Crippen molar-refractivity contribution in [2.75, 3.05) is 0 Å². The third-order valence-corrected chi connectivity index (χ3v) is 3.14. The van der Waals surface area contributed by atoms with Crippen molar-refractivity contribution in [1.82, 2.24) is 9.55 Å². The number of hydrogen-bond acceptors (Lipinski definition) is 3. The molecule has 0 saturated heterocycles. The first-order chi connectivity index (χ1) is 9.51. The molecule has 4 nitrogen and oxygen atoms in total. The summed E-state index contributed by atoms with van der Waals surface area (Å²) in [5.41, 5.74) is 1.37. The van der Waals surface area contributed by atoms with E-state index in [4.69, 9.17) is 16.9 Å². The summed E-state index contributed by atoms with van der Waals surface area (Å²) >= 11 is 5.85. The highest BCUT2D eigenvalue weighted by Crippen LogP contribution is 2.14. The highest BCUT2D eigenvalue weighted by molar-refractivity contribution is 6.29. The van der Waals surface area contributed by atoms with E-state index in [0.29, 0.717) is 17.9 Å². The molecule has 0 saturated carbocycles. The first kappa shape index (κ1) is 14.3. The van der Waals surface area contributed by atoms with Gasteiger partial charge in [0.05, 0.1) is 18.2 Å². The van der Waals surface area contributed by atoms with Gasteiger partial charge in [0, 0.05) is 12.0 Å². The Balaban J connectivity index is 2.42. The van der Waals surface area contributed by atoms with Crippen molar-refractivity contribution in [3.63, 3.8) is 0 Å². The summed E-state index contributed by atoms with van der Waals surface area (Å²) in [6, 6.07) is 10.5. The van der Waals surface area contributed by atoms with Crippen LogP contribution in [0, 0.1) is 11.3 Å². The van der Waals surface area contributed by atoms with Crippen molar-refractivity contribution in [3.8, 4) is 6.07 Å². The smallest absolute Gasteiger partial charge is 0.255 e. The monoisotopic (exact) mass is 287 g/mol. The quantitative estimate of drug-likeness (QED) is 0.816.